The fraction of sp³-hybridized carbons (Fsp3) is 0.688. The van der Waals surface area contributed by atoms with Crippen molar-refractivity contribution in [2.75, 3.05) is 13.1 Å². The highest BCUT2D eigenvalue weighted by molar-refractivity contribution is 9.10. The van der Waals surface area contributed by atoms with Gasteiger partial charge in [-0.1, -0.05) is 13.3 Å². The number of rotatable bonds is 5. The summed E-state index contributed by atoms with van der Waals surface area (Å²) in [6.45, 7) is 5.60. The van der Waals surface area contributed by atoms with Crippen molar-refractivity contribution in [2.45, 2.75) is 51.2 Å². The van der Waals surface area contributed by atoms with Crippen molar-refractivity contribution in [2.24, 2.45) is 5.92 Å². The van der Waals surface area contributed by atoms with Crippen LogP contribution in [0.1, 0.15) is 38.3 Å². The van der Waals surface area contributed by atoms with Gasteiger partial charge in [0.1, 0.15) is 0 Å². The minimum Gasteiger partial charge on any atom is -0.311 e. The van der Waals surface area contributed by atoms with Gasteiger partial charge >= 0.3 is 0 Å². The second kappa shape index (κ2) is 6.54. The lowest BCUT2D eigenvalue weighted by Crippen LogP contribution is -2.56. The van der Waals surface area contributed by atoms with E-state index in [1.807, 2.05) is 6.20 Å². The van der Waals surface area contributed by atoms with Gasteiger partial charge in [-0.15, -0.1) is 0 Å². The number of pyridine rings is 1. The molecule has 1 aliphatic heterocycles. The molecule has 1 aromatic heterocycles. The quantitative estimate of drug-likeness (QED) is 0.894. The molecule has 2 aliphatic rings. The fourth-order valence-electron chi connectivity index (χ4n) is 3.22. The van der Waals surface area contributed by atoms with E-state index in [1.54, 1.807) is 0 Å². The van der Waals surface area contributed by atoms with Crippen LogP contribution in [-0.4, -0.2) is 35.1 Å². The molecule has 0 radical (unpaired) electrons. The van der Waals surface area contributed by atoms with Crippen LogP contribution >= 0.6 is 15.9 Å². The van der Waals surface area contributed by atoms with Gasteiger partial charge in [-0.3, -0.25) is 9.88 Å². The first-order valence-corrected chi connectivity index (χ1v) is 8.63. The highest BCUT2D eigenvalue weighted by atomic mass is 79.9. The molecule has 2 unspecified atom stereocenters. The van der Waals surface area contributed by atoms with Crippen LogP contribution in [0, 0.1) is 5.92 Å². The van der Waals surface area contributed by atoms with E-state index >= 15 is 0 Å². The number of piperazine rings is 1. The van der Waals surface area contributed by atoms with Crippen LogP contribution in [0.4, 0.5) is 0 Å². The summed E-state index contributed by atoms with van der Waals surface area (Å²) in [4.78, 5) is 7.20. The van der Waals surface area contributed by atoms with Crippen LogP contribution in [0.25, 0.3) is 0 Å². The van der Waals surface area contributed by atoms with Gasteiger partial charge in [-0.2, -0.15) is 0 Å². The normalized spacial score (nSPS) is 27.7. The first kappa shape index (κ1) is 14.5. The van der Waals surface area contributed by atoms with Gasteiger partial charge < -0.3 is 5.32 Å². The molecule has 2 fully saturated rings. The van der Waals surface area contributed by atoms with Gasteiger partial charge in [0.15, 0.2) is 0 Å². The van der Waals surface area contributed by atoms with E-state index in [1.165, 1.54) is 37.9 Å². The summed E-state index contributed by atoms with van der Waals surface area (Å²) < 4.78 is 1.06. The number of nitrogens with zero attached hydrogens (tertiary/aromatic N) is 2. The average Bonchev–Trinajstić information content (AvgIpc) is 3.28. The number of aromatic nitrogens is 1. The van der Waals surface area contributed by atoms with E-state index in [4.69, 9.17) is 0 Å². The summed E-state index contributed by atoms with van der Waals surface area (Å²) in [5.41, 5.74) is 1.19. The molecule has 0 aromatic carbocycles. The Morgan fingerprint density at radius 2 is 2.25 bits per heavy atom. The predicted octanol–water partition coefficient (Wildman–Crippen LogP) is 3.20. The zero-order valence-corrected chi connectivity index (χ0v) is 13.8. The Hall–Kier alpha value is -0.450. The molecular weight excluding hydrogens is 314 g/mol. The third kappa shape index (κ3) is 3.60. The second-order valence-electron chi connectivity index (χ2n) is 6.19. The van der Waals surface area contributed by atoms with Crippen LogP contribution in [-0.2, 0) is 6.54 Å². The molecule has 2 atom stereocenters. The van der Waals surface area contributed by atoms with E-state index in [0.717, 1.165) is 23.5 Å². The Morgan fingerprint density at radius 1 is 1.40 bits per heavy atom. The summed E-state index contributed by atoms with van der Waals surface area (Å²) in [6.07, 6.45) is 7.28. The molecule has 1 aromatic rings. The summed E-state index contributed by atoms with van der Waals surface area (Å²) in [6, 6.07) is 5.61. The van der Waals surface area contributed by atoms with Crippen molar-refractivity contribution in [3.8, 4) is 0 Å². The molecule has 110 valence electrons. The zero-order valence-electron chi connectivity index (χ0n) is 12.2. The maximum absolute atomic E-state index is 4.54. The topological polar surface area (TPSA) is 28.2 Å². The zero-order chi connectivity index (χ0) is 13.9. The summed E-state index contributed by atoms with van der Waals surface area (Å²) in [5.74, 6) is 0.929. The molecule has 4 heteroatoms. The van der Waals surface area contributed by atoms with Crippen LogP contribution < -0.4 is 5.32 Å². The van der Waals surface area contributed by atoms with E-state index in [9.17, 15) is 0 Å². The van der Waals surface area contributed by atoms with Gasteiger partial charge in [0.05, 0.1) is 5.69 Å². The van der Waals surface area contributed by atoms with Crippen LogP contribution in [0.15, 0.2) is 22.8 Å². The lowest BCUT2D eigenvalue weighted by atomic mass is 10.0. The molecule has 0 spiro atoms. The molecule has 1 saturated carbocycles. The van der Waals surface area contributed by atoms with Gasteiger partial charge in [0.2, 0.25) is 0 Å². The van der Waals surface area contributed by atoms with Crippen molar-refractivity contribution in [3.63, 3.8) is 0 Å². The first-order valence-electron chi connectivity index (χ1n) is 7.84. The lowest BCUT2D eigenvalue weighted by molar-refractivity contribution is 0.106. The Balaban J connectivity index is 1.66. The minimum absolute atomic E-state index is 0.667. The monoisotopic (exact) mass is 337 g/mol. The molecule has 0 amide bonds. The molecule has 3 nitrogen and oxygen atoms in total. The van der Waals surface area contributed by atoms with E-state index in [2.05, 4.69) is 50.2 Å². The number of hydrogen-bond donors (Lipinski definition) is 1. The summed E-state index contributed by atoms with van der Waals surface area (Å²) in [5, 5.41) is 3.77. The minimum atomic E-state index is 0.667. The highest BCUT2D eigenvalue weighted by Crippen LogP contribution is 2.34. The Bertz CT molecular complexity index is 430. The third-order valence-corrected chi connectivity index (χ3v) is 5.00. The Morgan fingerprint density at radius 3 is 2.90 bits per heavy atom. The number of halogens is 1. The molecule has 3 rings (SSSR count). The lowest BCUT2D eigenvalue weighted by Gasteiger charge is -2.40. The predicted molar refractivity (Wildman–Crippen MR) is 85.6 cm³/mol. The van der Waals surface area contributed by atoms with E-state index < -0.39 is 0 Å². The fourth-order valence-corrected chi connectivity index (χ4v) is 3.45. The molecule has 1 N–H and O–H groups in total. The van der Waals surface area contributed by atoms with E-state index in [0.29, 0.717) is 12.1 Å². The third-order valence-electron chi connectivity index (χ3n) is 4.53. The largest absolute Gasteiger partial charge is 0.311 e. The molecule has 1 saturated heterocycles. The molecule has 0 bridgehead atoms. The van der Waals surface area contributed by atoms with Gasteiger partial charge in [0, 0.05) is 42.4 Å². The average molecular weight is 338 g/mol. The molecule has 20 heavy (non-hydrogen) atoms. The van der Waals surface area contributed by atoms with Crippen LogP contribution in [0.5, 0.6) is 0 Å². The molecular formula is C16H24BrN3. The number of nitrogens with one attached hydrogen (secondary N) is 1. The summed E-state index contributed by atoms with van der Waals surface area (Å²) >= 11 is 3.46. The molecule has 1 aliphatic carbocycles. The smallest absolute Gasteiger partial charge is 0.0544 e. The standard InChI is InChI=1S/C16H24BrN3/c1-2-3-15-9-19-16(12-4-5-12)11-20(15)10-14-7-6-13(17)8-18-14/h6-8,12,15-16,19H,2-5,9-11H2,1H3. The van der Waals surface area contributed by atoms with E-state index in [-0.39, 0.29) is 0 Å². The van der Waals surface area contributed by atoms with Crippen LogP contribution in [0.2, 0.25) is 0 Å². The summed E-state index contributed by atoms with van der Waals surface area (Å²) in [7, 11) is 0. The van der Waals surface area contributed by atoms with Gasteiger partial charge in [-0.05, 0) is 53.2 Å². The van der Waals surface area contributed by atoms with Gasteiger partial charge in [-0.25, -0.2) is 0 Å². The Kier molecular flexibility index (Phi) is 4.74. The van der Waals surface area contributed by atoms with Crippen molar-refractivity contribution in [1.29, 1.82) is 0 Å². The Labute approximate surface area is 130 Å². The van der Waals surface area contributed by atoms with Crippen LogP contribution in [0.3, 0.4) is 0 Å². The maximum atomic E-state index is 4.54. The molecule has 2 heterocycles. The maximum Gasteiger partial charge on any atom is 0.0544 e. The van der Waals surface area contributed by atoms with Crippen molar-refractivity contribution >= 4 is 15.9 Å². The van der Waals surface area contributed by atoms with Gasteiger partial charge in [0.25, 0.3) is 0 Å². The number of hydrogen-bond acceptors (Lipinski definition) is 3. The van der Waals surface area contributed by atoms with Crippen molar-refractivity contribution in [1.82, 2.24) is 15.2 Å². The highest BCUT2D eigenvalue weighted by Gasteiger charge is 2.36. The SMILES string of the molecule is CCCC1CNC(C2CC2)CN1Cc1ccc(Br)cn1. The second-order valence-corrected chi connectivity index (χ2v) is 7.11. The van der Waals surface area contributed by atoms with Crippen molar-refractivity contribution < 1.29 is 0 Å². The van der Waals surface area contributed by atoms with Crippen molar-refractivity contribution in [3.05, 3.63) is 28.5 Å². The first-order chi connectivity index (χ1) is 9.76.